The standard InChI is InChI=1S/C11H12N6O/c1-6-15-8-2-3-14-11(18)9(8)10(16-6)17-7(4-12)5-13/h2-5,12H,13H2,1H3,(H,14,18)(H,15,16,17). The van der Waals surface area contributed by atoms with Crippen LogP contribution in [-0.2, 0) is 0 Å². The summed E-state index contributed by atoms with van der Waals surface area (Å²) in [6.45, 7) is 1.72. The van der Waals surface area contributed by atoms with Crippen LogP contribution in [0.25, 0.3) is 10.9 Å². The maximum atomic E-state index is 11.8. The van der Waals surface area contributed by atoms with Crippen molar-refractivity contribution in [1.29, 1.82) is 5.41 Å². The summed E-state index contributed by atoms with van der Waals surface area (Å²) in [6, 6.07) is 1.69. The molecule has 7 heteroatoms. The molecule has 92 valence electrons. The number of allylic oxidation sites excluding steroid dienone is 1. The number of pyridine rings is 1. The summed E-state index contributed by atoms with van der Waals surface area (Å²) in [4.78, 5) is 22.7. The van der Waals surface area contributed by atoms with Gasteiger partial charge in [0.1, 0.15) is 17.0 Å². The van der Waals surface area contributed by atoms with Crippen LogP contribution in [0.4, 0.5) is 5.82 Å². The molecule has 0 aliphatic heterocycles. The van der Waals surface area contributed by atoms with Crippen LogP contribution in [0.1, 0.15) is 5.82 Å². The fourth-order valence-corrected chi connectivity index (χ4v) is 1.56. The third kappa shape index (κ3) is 2.05. The molecule has 18 heavy (non-hydrogen) atoms. The number of fused-ring (bicyclic) bond motifs is 1. The van der Waals surface area contributed by atoms with E-state index < -0.39 is 0 Å². The van der Waals surface area contributed by atoms with Crippen LogP contribution in [0, 0.1) is 12.3 Å². The molecule has 0 fully saturated rings. The van der Waals surface area contributed by atoms with Crippen LogP contribution in [0.3, 0.4) is 0 Å². The fourth-order valence-electron chi connectivity index (χ4n) is 1.56. The number of aryl methyl sites for hydroxylation is 1. The predicted octanol–water partition coefficient (Wildman–Crippen LogP) is 0.488. The smallest absolute Gasteiger partial charge is 0.261 e. The quantitative estimate of drug-likeness (QED) is 0.585. The third-order valence-electron chi connectivity index (χ3n) is 2.33. The van der Waals surface area contributed by atoms with Gasteiger partial charge in [0.2, 0.25) is 0 Å². The van der Waals surface area contributed by atoms with E-state index in [4.69, 9.17) is 11.1 Å². The Labute approximate surface area is 102 Å². The zero-order valence-corrected chi connectivity index (χ0v) is 9.69. The summed E-state index contributed by atoms with van der Waals surface area (Å²) < 4.78 is 0. The van der Waals surface area contributed by atoms with Crippen LogP contribution < -0.4 is 16.6 Å². The molecule has 0 aliphatic rings. The molecule has 0 unspecified atom stereocenters. The summed E-state index contributed by atoms with van der Waals surface area (Å²) in [5.74, 6) is 0.858. The van der Waals surface area contributed by atoms with Gasteiger partial charge < -0.3 is 21.4 Å². The van der Waals surface area contributed by atoms with Gasteiger partial charge in [-0.05, 0) is 13.0 Å². The van der Waals surface area contributed by atoms with E-state index in [9.17, 15) is 4.79 Å². The summed E-state index contributed by atoms with van der Waals surface area (Å²) in [6.07, 6.45) is 3.80. The predicted molar refractivity (Wildman–Crippen MR) is 69.6 cm³/mol. The zero-order valence-electron chi connectivity index (χ0n) is 9.69. The van der Waals surface area contributed by atoms with E-state index in [1.807, 2.05) is 0 Å². The zero-order chi connectivity index (χ0) is 13.1. The van der Waals surface area contributed by atoms with Crippen LogP contribution in [0.15, 0.2) is 29.0 Å². The second-order valence-electron chi connectivity index (χ2n) is 3.58. The molecule has 0 saturated carbocycles. The number of hydrogen-bond acceptors (Lipinski definition) is 6. The van der Waals surface area contributed by atoms with Gasteiger partial charge in [0.15, 0.2) is 0 Å². The summed E-state index contributed by atoms with van der Waals surface area (Å²) in [5.41, 5.74) is 5.93. The number of nitrogens with two attached hydrogens (primary N) is 1. The van der Waals surface area contributed by atoms with Crippen molar-refractivity contribution in [3.05, 3.63) is 40.3 Å². The van der Waals surface area contributed by atoms with Gasteiger partial charge in [-0.3, -0.25) is 4.79 Å². The molecule has 0 spiro atoms. The number of aromatic nitrogens is 3. The SMILES string of the molecule is Cc1nc(NC(C=N)=CN)c2c(=O)[nH]ccc2n1. The molecule has 2 aromatic heterocycles. The molecule has 0 aromatic carbocycles. The maximum absolute atomic E-state index is 11.8. The Balaban J connectivity index is 2.69. The van der Waals surface area contributed by atoms with Crippen LogP contribution in [-0.4, -0.2) is 21.2 Å². The largest absolute Gasteiger partial charge is 0.403 e. The number of anilines is 1. The topological polar surface area (TPSA) is 121 Å². The molecule has 0 atom stereocenters. The van der Waals surface area contributed by atoms with Gasteiger partial charge in [-0.15, -0.1) is 0 Å². The van der Waals surface area contributed by atoms with E-state index >= 15 is 0 Å². The van der Waals surface area contributed by atoms with Crippen molar-refractivity contribution < 1.29 is 0 Å². The minimum Gasteiger partial charge on any atom is -0.403 e. The van der Waals surface area contributed by atoms with Crippen molar-refractivity contribution in [2.24, 2.45) is 5.73 Å². The first-order chi connectivity index (χ1) is 8.65. The van der Waals surface area contributed by atoms with Crippen molar-refractivity contribution in [2.45, 2.75) is 6.92 Å². The molecular formula is C11H12N6O. The number of aromatic amines is 1. The highest BCUT2D eigenvalue weighted by molar-refractivity contribution is 5.91. The average molecular weight is 244 g/mol. The van der Waals surface area contributed by atoms with Crippen LogP contribution in [0.2, 0.25) is 0 Å². The normalized spacial score (nSPS) is 11.5. The third-order valence-corrected chi connectivity index (χ3v) is 2.33. The molecule has 2 heterocycles. The van der Waals surface area contributed by atoms with E-state index in [1.54, 1.807) is 13.0 Å². The number of hydrogen-bond donors (Lipinski definition) is 4. The minimum atomic E-state index is -0.295. The van der Waals surface area contributed by atoms with Crippen LogP contribution in [0.5, 0.6) is 0 Å². The van der Waals surface area contributed by atoms with Gasteiger partial charge >= 0.3 is 0 Å². The van der Waals surface area contributed by atoms with Crippen molar-refractivity contribution in [3.8, 4) is 0 Å². The molecule has 0 saturated heterocycles. The highest BCUT2D eigenvalue weighted by Crippen LogP contribution is 2.16. The number of H-pyrrole nitrogens is 1. The molecule has 0 amide bonds. The molecule has 0 bridgehead atoms. The lowest BCUT2D eigenvalue weighted by Gasteiger charge is -2.08. The minimum absolute atomic E-state index is 0.295. The molecule has 2 rings (SSSR count). The second-order valence-corrected chi connectivity index (χ2v) is 3.58. The molecule has 7 nitrogen and oxygen atoms in total. The monoisotopic (exact) mass is 244 g/mol. The van der Waals surface area contributed by atoms with Crippen LogP contribution >= 0.6 is 0 Å². The van der Waals surface area contributed by atoms with E-state index in [0.717, 1.165) is 6.21 Å². The maximum Gasteiger partial charge on any atom is 0.261 e. The van der Waals surface area contributed by atoms with Crippen molar-refractivity contribution in [3.63, 3.8) is 0 Å². The summed E-state index contributed by atoms with van der Waals surface area (Å²) >= 11 is 0. The van der Waals surface area contributed by atoms with E-state index in [2.05, 4.69) is 20.3 Å². The average Bonchev–Trinajstić information content (AvgIpc) is 2.35. The molecule has 0 radical (unpaired) electrons. The van der Waals surface area contributed by atoms with E-state index in [0.29, 0.717) is 28.2 Å². The Morgan fingerprint density at radius 3 is 3.00 bits per heavy atom. The molecule has 0 aliphatic carbocycles. The second kappa shape index (κ2) is 4.66. The van der Waals surface area contributed by atoms with Gasteiger partial charge in [0.05, 0.1) is 11.2 Å². The fraction of sp³-hybridized carbons (Fsp3) is 0.0909. The Hall–Kier alpha value is -2.70. The number of rotatable bonds is 3. The first kappa shape index (κ1) is 11.8. The van der Waals surface area contributed by atoms with E-state index in [-0.39, 0.29) is 5.56 Å². The highest BCUT2D eigenvalue weighted by atomic mass is 16.1. The van der Waals surface area contributed by atoms with Gasteiger partial charge in [-0.1, -0.05) is 0 Å². The lowest BCUT2D eigenvalue weighted by Crippen LogP contribution is -2.13. The first-order valence-corrected chi connectivity index (χ1v) is 5.21. The Morgan fingerprint density at radius 1 is 1.56 bits per heavy atom. The Kier molecular flexibility index (Phi) is 3.05. The lowest BCUT2D eigenvalue weighted by molar-refractivity contribution is 1.08. The van der Waals surface area contributed by atoms with Crippen molar-refractivity contribution in [2.75, 3.05) is 5.32 Å². The molecule has 5 N–H and O–H groups in total. The number of nitrogens with zero attached hydrogens (tertiary/aromatic N) is 2. The van der Waals surface area contributed by atoms with Gasteiger partial charge in [-0.25, -0.2) is 9.97 Å². The first-order valence-electron chi connectivity index (χ1n) is 5.21. The van der Waals surface area contributed by atoms with Gasteiger partial charge in [-0.2, -0.15) is 0 Å². The Bertz CT molecular complexity index is 687. The molecule has 2 aromatic rings. The lowest BCUT2D eigenvalue weighted by atomic mass is 10.3. The van der Waals surface area contributed by atoms with Gasteiger partial charge in [0, 0.05) is 18.6 Å². The van der Waals surface area contributed by atoms with Crippen molar-refractivity contribution >= 4 is 22.9 Å². The number of nitrogens with one attached hydrogen (secondary N) is 3. The summed E-state index contributed by atoms with van der Waals surface area (Å²) in [7, 11) is 0. The van der Waals surface area contributed by atoms with Crippen molar-refractivity contribution in [1.82, 2.24) is 15.0 Å². The van der Waals surface area contributed by atoms with E-state index in [1.165, 1.54) is 12.4 Å². The van der Waals surface area contributed by atoms with Gasteiger partial charge in [0.25, 0.3) is 5.56 Å². The highest BCUT2D eigenvalue weighted by Gasteiger charge is 2.09. The Morgan fingerprint density at radius 2 is 2.33 bits per heavy atom. The molecular weight excluding hydrogens is 232 g/mol. The summed E-state index contributed by atoms with van der Waals surface area (Å²) in [5, 5.41) is 10.3.